The molecule has 0 N–H and O–H groups in total. The van der Waals surface area contributed by atoms with Gasteiger partial charge < -0.3 is 4.74 Å². The Morgan fingerprint density at radius 3 is 2.95 bits per heavy atom. The number of aryl methyl sites for hydroxylation is 1. The lowest BCUT2D eigenvalue weighted by Gasteiger charge is -2.07. The van der Waals surface area contributed by atoms with Crippen LogP contribution in [0.4, 0.5) is 0 Å². The summed E-state index contributed by atoms with van der Waals surface area (Å²) in [5, 5.41) is 4.19. The molecule has 100 valence electrons. The van der Waals surface area contributed by atoms with Gasteiger partial charge in [0.05, 0.1) is 18.0 Å². The van der Waals surface area contributed by atoms with Gasteiger partial charge in [-0.05, 0) is 31.5 Å². The Bertz CT molecular complexity index is 593. The van der Waals surface area contributed by atoms with Gasteiger partial charge in [-0.3, -0.25) is 9.48 Å². The van der Waals surface area contributed by atoms with E-state index in [1.165, 1.54) is 6.92 Å². The molecular formula is C14H15BrN2O2. The number of aromatic nitrogens is 2. The van der Waals surface area contributed by atoms with Gasteiger partial charge in [0.1, 0.15) is 5.75 Å². The van der Waals surface area contributed by atoms with Gasteiger partial charge in [-0.25, -0.2) is 0 Å². The number of nitrogens with zero attached hydrogens (tertiary/aromatic N) is 2. The van der Waals surface area contributed by atoms with Gasteiger partial charge in [-0.1, -0.05) is 22.9 Å². The molecule has 0 unspecified atom stereocenters. The lowest BCUT2D eigenvalue weighted by Crippen LogP contribution is -1.97. The molecular weight excluding hydrogens is 308 g/mol. The summed E-state index contributed by atoms with van der Waals surface area (Å²) in [6.45, 7) is 4.46. The van der Waals surface area contributed by atoms with Crippen LogP contribution in [-0.2, 0) is 6.54 Å². The molecule has 19 heavy (non-hydrogen) atoms. The highest BCUT2D eigenvalue weighted by atomic mass is 79.9. The third-order valence-electron chi connectivity index (χ3n) is 2.61. The predicted molar refractivity (Wildman–Crippen MR) is 76.7 cm³/mol. The summed E-state index contributed by atoms with van der Waals surface area (Å²) >= 11 is 3.38. The fraction of sp³-hybridized carbons (Fsp3) is 0.286. The van der Waals surface area contributed by atoms with Crippen LogP contribution in [0.15, 0.2) is 35.1 Å². The first kappa shape index (κ1) is 13.8. The smallest absolute Gasteiger partial charge is 0.165 e. The average molecular weight is 323 g/mol. The van der Waals surface area contributed by atoms with Crippen molar-refractivity contribution in [3.8, 4) is 11.5 Å². The number of carbonyl (C=O) groups is 1. The molecule has 0 bridgehead atoms. The van der Waals surface area contributed by atoms with Crippen molar-refractivity contribution < 1.29 is 9.53 Å². The summed E-state index contributed by atoms with van der Waals surface area (Å²) in [6.07, 6.45) is 4.49. The van der Waals surface area contributed by atoms with Crippen LogP contribution in [-0.4, -0.2) is 15.6 Å². The van der Waals surface area contributed by atoms with E-state index in [0.29, 0.717) is 17.1 Å². The van der Waals surface area contributed by atoms with E-state index in [4.69, 9.17) is 4.74 Å². The van der Waals surface area contributed by atoms with Crippen LogP contribution >= 0.6 is 15.9 Å². The summed E-state index contributed by atoms with van der Waals surface area (Å²) in [6, 6.07) is 5.36. The lowest BCUT2D eigenvalue weighted by atomic mass is 10.1. The summed E-state index contributed by atoms with van der Waals surface area (Å²) in [4.78, 5) is 11.6. The minimum Gasteiger partial charge on any atom is -0.453 e. The van der Waals surface area contributed by atoms with Crippen LogP contribution in [0.25, 0.3) is 0 Å². The lowest BCUT2D eigenvalue weighted by molar-refractivity contribution is 0.101. The molecule has 0 atom stereocenters. The quantitative estimate of drug-likeness (QED) is 0.780. The predicted octanol–water partition coefficient (Wildman–Crippen LogP) is 4.05. The van der Waals surface area contributed by atoms with Crippen molar-refractivity contribution in [1.82, 2.24) is 9.78 Å². The van der Waals surface area contributed by atoms with Crippen molar-refractivity contribution in [1.29, 1.82) is 0 Å². The van der Waals surface area contributed by atoms with Gasteiger partial charge in [-0.2, -0.15) is 5.10 Å². The highest BCUT2D eigenvalue weighted by molar-refractivity contribution is 9.10. The van der Waals surface area contributed by atoms with E-state index in [2.05, 4.69) is 28.0 Å². The maximum atomic E-state index is 11.6. The number of benzene rings is 1. The molecule has 2 rings (SSSR count). The van der Waals surface area contributed by atoms with Crippen LogP contribution in [0.5, 0.6) is 11.5 Å². The Hall–Kier alpha value is -1.62. The maximum Gasteiger partial charge on any atom is 0.165 e. The van der Waals surface area contributed by atoms with Gasteiger partial charge >= 0.3 is 0 Å². The number of Topliss-reactive ketones (excluding diaryl/α,β-unsaturated/α-hetero) is 1. The van der Waals surface area contributed by atoms with E-state index < -0.39 is 0 Å². The SMILES string of the molecule is CCCn1cc(Oc2cc(Br)ccc2C(C)=O)cn1. The molecule has 0 aliphatic carbocycles. The molecule has 0 amide bonds. The van der Waals surface area contributed by atoms with Crippen molar-refractivity contribution in [3.63, 3.8) is 0 Å². The topological polar surface area (TPSA) is 44.1 Å². The number of hydrogen-bond donors (Lipinski definition) is 0. The van der Waals surface area contributed by atoms with Crippen LogP contribution in [0.3, 0.4) is 0 Å². The van der Waals surface area contributed by atoms with E-state index in [1.807, 2.05) is 16.9 Å². The molecule has 0 aliphatic rings. The zero-order chi connectivity index (χ0) is 13.8. The second-order valence-electron chi connectivity index (χ2n) is 4.24. The second kappa shape index (κ2) is 6.02. The molecule has 0 saturated carbocycles. The van der Waals surface area contributed by atoms with Gasteiger partial charge in [-0.15, -0.1) is 0 Å². The van der Waals surface area contributed by atoms with Gasteiger partial charge in [0.15, 0.2) is 11.5 Å². The Morgan fingerprint density at radius 2 is 2.26 bits per heavy atom. The largest absolute Gasteiger partial charge is 0.453 e. The first-order valence-corrected chi connectivity index (χ1v) is 6.90. The van der Waals surface area contributed by atoms with Gasteiger partial charge in [0.2, 0.25) is 0 Å². The Morgan fingerprint density at radius 1 is 1.47 bits per heavy atom. The van der Waals surface area contributed by atoms with Crippen molar-refractivity contribution in [2.75, 3.05) is 0 Å². The number of halogens is 1. The third kappa shape index (κ3) is 3.44. The summed E-state index contributed by atoms with van der Waals surface area (Å²) in [5.41, 5.74) is 0.562. The molecule has 0 spiro atoms. The maximum absolute atomic E-state index is 11.6. The fourth-order valence-electron chi connectivity index (χ4n) is 1.75. The number of ether oxygens (including phenoxy) is 1. The van der Waals surface area contributed by atoms with Crippen molar-refractivity contribution in [3.05, 3.63) is 40.6 Å². The molecule has 2 aromatic rings. The molecule has 0 saturated heterocycles. The van der Waals surface area contributed by atoms with E-state index in [9.17, 15) is 4.79 Å². The molecule has 4 nitrogen and oxygen atoms in total. The first-order valence-electron chi connectivity index (χ1n) is 6.11. The average Bonchev–Trinajstić information content (AvgIpc) is 2.77. The molecule has 1 aromatic heterocycles. The molecule has 0 aliphatic heterocycles. The molecule has 5 heteroatoms. The second-order valence-corrected chi connectivity index (χ2v) is 5.15. The van der Waals surface area contributed by atoms with Crippen molar-refractivity contribution in [2.24, 2.45) is 0 Å². The first-order chi connectivity index (χ1) is 9.10. The normalized spacial score (nSPS) is 10.5. The van der Waals surface area contributed by atoms with Crippen LogP contribution < -0.4 is 4.74 Å². The summed E-state index contributed by atoms with van der Waals surface area (Å²) in [7, 11) is 0. The third-order valence-corrected chi connectivity index (χ3v) is 3.11. The monoisotopic (exact) mass is 322 g/mol. The standard InChI is InChI=1S/C14H15BrN2O2/c1-3-6-17-9-12(8-16-17)19-14-7-11(15)4-5-13(14)10(2)18/h4-5,7-9H,3,6H2,1-2H3. The summed E-state index contributed by atoms with van der Waals surface area (Å²) < 4.78 is 8.43. The number of hydrogen-bond acceptors (Lipinski definition) is 3. The van der Waals surface area contributed by atoms with E-state index >= 15 is 0 Å². The molecule has 0 radical (unpaired) electrons. The van der Waals surface area contributed by atoms with E-state index in [1.54, 1.807) is 18.3 Å². The molecule has 1 aromatic carbocycles. The van der Waals surface area contributed by atoms with Crippen molar-refractivity contribution in [2.45, 2.75) is 26.8 Å². The molecule has 1 heterocycles. The fourth-order valence-corrected chi connectivity index (χ4v) is 2.09. The number of ketones is 1. The highest BCUT2D eigenvalue weighted by Gasteiger charge is 2.11. The number of rotatable bonds is 5. The zero-order valence-corrected chi connectivity index (χ0v) is 12.5. The van der Waals surface area contributed by atoms with Gasteiger partial charge in [0, 0.05) is 11.0 Å². The van der Waals surface area contributed by atoms with Crippen LogP contribution in [0, 0.1) is 0 Å². The highest BCUT2D eigenvalue weighted by Crippen LogP contribution is 2.28. The van der Waals surface area contributed by atoms with E-state index in [0.717, 1.165) is 17.4 Å². The van der Waals surface area contributed by atoms with Crippen LogP contribution in [0.1, 0.15) is 30.6 Å². The minimum absolute atomic E-state index is 0.0246. The Labute approximate surface area is 120 Å². The minimum atomic E-state index is -0.0246. The number of carbonyl (C=O) groups excluding carboxylic acids is 1. The van der Waals surface area contributed by atoms with Crippen molar-refractivity contribution >= 4 is 21.7 Å². The van der Waals surface area contributed by atoms with E-state index in [-0.39, 0.29) is 5.78 Å². The van der Waals surface area contributed by atoms with Gasteiger partial charge in [0.25, 0.3) is 0 Å². The Kier molecular flexibility index (Phi) is 4.37. The zero-order valence-electron chi connectivity index (χ0n) is 10.9. The molecule has 0 fully saturated rings. The summed E-state index contributed by atoms with van der Waals surface area (Å²) in [5.74, 6) is 1.15. The Balaban J connectivity index is 2.26. The van der Waals surface area contributed by atoms with Crippen LogP contribution in [0.2, 0.25) is 0 Å².